The van der Waals surface area contributed by atoms with Crippen LogP contribution in [0.2, 0.25) is 0 Å². The van der Waals surface area contributed by atoms with E-state index in [0.29, 0.717) is 10.8 Å². The fourth-order valence-corrected chi connectivity index (χ4v) is 4.15. The molecule has 0 unspecified atom stereocenters. The summed E-state index contributed by atoms with van der Waals surface area (Å²) in [5, 5.41) is 0. The van der Waals surface area contributed by atoms with Crippen molar-refractivity contribution >= 4 is 11.8 Å². The summed E-state index contributed by atoms with van der Waals surface area (Å²) in [6, 6.07) is 0.466. The first-order valence-corrected chi connectivity index (χ1v) is 8.00. The molecule has 0 spiro atoms. The Morgan fingerprint density at radius 3 is 2.38 bits per heavy atom. The highest BCUT2D eigenvalue weighted by Crippen LogP contribution is 2.39. The molecule has 2 aliphatic rings. The minimum atomic E-state index is 0.466. The number of thioether (sulfide) groups is 1. The van der Waals surface area contributed by atoms with Crippen molar-refractivity contribution in [2.45, 2.75) is 55.7 Å². The minimum Gasteiger partial charge on any atom is -0.328 e. The van der Waals surface area contributed by atoms with E-state index in [-0.39, 0.29) is 0 Å². The maximum Gasteiger partial charge on any atom is 0.0284 e. The minimum absolute atomic E-state index is 0.466. The maximum absolute atomic E-state index is 5.96. The molecule has 94 valence electrons. The Hall–Kier alpha value is 0.270. The van der Waals surface area contributed by atoms with Crippen LogP contribution in [0.4, 0.5) is 0 Å². The van der Waals surface area contributed by atoms with Gasteiger partial charge in [-0.1, -0.05) is 19.3 Å². The van der Waals surface area contributed by atoms with Crippen molar-refractivity contribution in [2.24, 2.45) is 5.73 Å². The highest BCUT2D eigenvalue weighted by molar-refractivity contribution is 8.00. The molecule has 1 saturated carbocycles. The van der Waals surface area contributed by atoms with Gasteiger partial charge in [0.15, 0.2) is 0 Å². The average Bonchev–Trinajstić information content (AvgIpc) is 2.33. The Morgan fingerprint density at radius 2 is 1.81 bits per heavy atom. The van der Waals surface area contributed by atoms with Crippen LogP contribution in [0.5, 0.6) is 0 Å². The van der Waals surface area contributed by atoms with Gasteiger partial charge in [-0.2, -0.15) is 11.8 Å². The molecule has 0 amide bonds. The van der Waals surface area contributed by atoms with Gasteiger partial charge in [0.25, 0.3) is 0 Å². The summed E-state index contributed by atoms with van der Waals surface area (Å²) < 4.78 is 0.569. The molecule has 1 aliphatic carbocycles. The molecule has 1 heterocycles. The molecular weight excluding hydrogens is 216 g/mol. The SMILES string of the molecule is CSC1(CN2CCC(N)CC2)CCCCC1. The van der Waals surface area contributed by atoms with Gasteiger partial charge in [-0.05, 0) is 45.0 Å². The fraction of sp³-hybridized carbons (Fsp3) is 1.00. The fourth-order valence-electron chi connectivity index (χ4n) is 3.14. The van der Waals surface area contributed by atoms with Gasteiger partial charge in [0, 0.05) is 17.3 Å². The molecule has 1 aliphatic heterocycles. The molecule has 0 bridgehead atoms. The number of rotatable bonds is 3. The van der Waals surface area contributed by atoms with Crippen LogP contribution in [-0.2, 0) is 0 Å². The second-order valence-electron chi connectivity index (χ2n) is 5.56. The first-order chi connectivity index (χ1) is 7.74. The van der Waals surface area contributed by atoms with Gasteiger partial charge in [0.05, 0.1) is 0 Å². The smallest absolute Gasteiger partial charge is 0.0284 e. The van der Waals surface area contributed by atoms with Crippen LogP contribution >= 0.6 is 11.8 Å². The summed E-state index contributed by atoms with van der Waals surface area (Å²) in [6.45, 7) is 3.76. The van der Waals surface area contributed by atoms with Crippen molar-refractivity contribution in [1.82, 2.24) is 4.90 Å². The summed E-state index contributed by atoms with van der Waals surface area (Å²) in [5.74, 6) is 0. The Morgan fingerprint density at radius 1 is 1.19 bits per heavy atom. The van der Waals surface area contributed by atoms with Crippen LogP contribution in [0, 0.1) is 0 Å². The van der Waals surface area contributed by atoms with E-state index < -0.39 is 0 Å². The zero-order valence-electron chi connectivity index (χ0n) is 10.6. The van der Waals surface area contributed by atoms with Gasteiger partial charge in [-0.3, -0.25) is 0 Å². The zero-order valence-corrected chi connectivity index (χ0v) is 11.4. The lowest BCUT2D eigenvalue weighted by Crippen LogP contribution is -2.47. The summed E-state index contributed by atoms with van der Waals surface area (Å²) in [6.07, 6.45) is 11.9. The van der Waals surface area contributed by atoms with Crippen LogP contribution < -0.4 is 5.73 Å². The van der Waals surface area contributed by atoms with Crippen molar-refractivity contribution in [3.8, 4) is 0 Å². The van der Waals surface area contributed by atoms with Crippen molar-refractivity contribution in [2.75, 3.05) is 25.9 Å². The Bertz CT molecular complexity index is 206. The second kappa shape index (κ2) is 5.74. The first kappa shape index (κ1) is 12.7. The van der Waals surface area contributed by atoms with Crippen molar-refractivity contribution in [1.29, 1.82) is 0 Å². The number of likely N-dealkylation sites (tertiary alicyclic amines) is 1. The van der Waals surface area contributed by atoms with E-state index in [1.807, 2.05) is 0 Å². The van der Waals surface area contributed by atoms with Crippen molar-refractivity contribution in [3.05, 3.63) is 0 Å². The predicted molar refractivity (Wildman–Crippen MR) is 73.0 cm³/mol. The lowest BCUT2D eigenvalue weighted by molar-refractivity contribution is 0.179. The number of hydrogen-bond donors (Lipinski definition) is 1. The normalized spacial score (nSPS) is 28.1. The van der Waals surface area contributed by atoms with Gasteiger partial charge in [-0.25, -0.2) is 0 Å². The van der Waals surface area contributed by atoms with Crippen LogP contribution in [-0.4, -0.2) is 41.6 Å². The van der Waals surface area contributed by atoms with E-state index >= 15 is 0 Å². The molecule has 2 nitrogen and oxygen atoms in total. The molecule has 2 rings (SSSR count). The van der Waals surface area contributed by atoms with Crippen LogP contribution in [0.1, 0.15) is 44.9 Å². The topological polar surface area (TPSA) is 29.3 Å². The number of nitrogens with two attached hydrogens (primary N) is 1. The van der Waals surface area contributed by atoms with E-state index in [1.54, 1.807) is 0 Å². The lowest BCUT2D eigenvalue weighted by atomic mass is 9.87. The highest BCUT2D eigenvalue weighted by Gasteiger charge is 2.33. The maximum atomic E-state index is 5.96. The quantitative estimate of drug-likeness (QED) is 0.824. The van der Waals surface area contributed by atoms with Crippen molar-refractivity contribution in [3.63, 3.8) is 0 Å². The van der Waals surface area contributed by atoms with E-state index in [1.165, 1.54) is 64.6 Å². The summed E-state index contributed by atoms with van der Waals surface area (Å²) >= 11 is 2.11. The molecule has 2 fully saturated rings. The second-order valence-corrected chi connectivity index (χ2v) is 6.84. The van der Waals surface area contributed by atoms with Crippen molar-refractivity contribution < 1.29 is 0 Å². The third-order valence-corrected chi connectivity index (χ3v) is 5.75. The number of piperidine rings is 1. The van der Waals surface area contributed by atoms with Gasteiger partial charge in [0.2, 0.25) is 0 Å². The number of hydrogen-bond acceptors (Lipinski definition) is 3. The summed E-state index contributed by atoms with van der Waals surface area (Å²) in [5.41, 5.74) is 5.96. The molecule has 2 N–H and O–H groups in total. The molecular formula is C13H26N2S. The van der Waals surface area contributed by atoms with Crippen LogP contribution in [0.3, 0.4) is 0 Å². The summed E-state index contributed by atoms with van der Waals surface area (Å²) in [7, 11) is 0. The average molecular weight is 242 g/mol. The van der Waals surface area contributed by atoms with E-state index in [9.17, 15) is 0 Å². The van der Waals surface area contributed by atoms with Crippen LogP contribution in [0.25, 0.3) is 0 Å². The van der Waals surface area contributed by atoms with E-state index in [4.69, 9.17) is 5.73 Å². The Balaban J connectivity index is 1.86. The first-order valence-electron chi connectivity index (χ1n) is 6.77. The van der Waals surface area contributed by atoms with Gasteiger partial charge in [0.1, 0.15) is 0 Å². The van der Waals surface area contributed by atoms with E-state index in [0.717, 1.165) is 0 Å². The Kier molecular flexibility index (Phi) is 4.57. The molecule has 0 radical (unpaired) electrons. The Labute approximate surface area is 104 Å². The zero-order chi connectivity index (χ0) is 11.4. The van der Waals surface area contributed by atoms with Gasteiger partial charge >= 0.3 is 0 Å². The molecule has 0 atom stereocenters. The third kappa shape index (κ3) is 3.14. The van der Waals surface area contributed by atoms with Crippen LogP contribution in [0.15, 0.2) is 0 Å². The van der Waals surface area contributed by atoms with Gasteiger partial charge in [-0.15, -0.1) is 0 Å². The molecule has 3 heteroatoms. The standard InChI is InChI=1S/C13H26N2S/c1-16-13(7-3-2-4-8-13)11-15-9-5-12(14)6-10-15/h12H,2-11,14H2,1H3. The molecule has 16 heavy (non-hydrogen) atoms. The third-order valence-electron chi connectivity index (χ3n) is 4.34. The molecule has 0 aromatic rings. The largest absolute Gasteiger partial charge is 0.328 e. The van der Waals surface area contributed by atoms with Gasteiger partial charge < -0.3 is 10.6 Å². The predicted octanol–water partition coefficient (Wildman–Crippen LogP) is 2.48. The number of nitrogens with zero attached hydrogens (tertiary/aromatic N) is 1. The monoisotopic (exact) mass is 242 g/mol. The molecule has 0 aromatic carbocycles. The molecule has 0 aromatic heterocycles. The lowest BCUT2D eigenvalue weighted by Gasteiger charge is -2.42. The highest BCUT2D eigenvalue weighted by atomic mass is 32.2. The summed E-state index contributed by atoms with van der Waals surface area (Å²) in [4.78, 5) is 2.66. The molecule has 1 saturated heterocycles. The van der Waals surface area contributed by atoms with E-state index in [2.05, 4.69) is 22.9 Å².